The Bertz CT molecular complexity index is 539. The number of nitro benzene ring substituents is 1. The number of nitriles is 1. The van der Waals surface area contributed by atoms with Crippen LogP contribution in [0.3, 0.4) is 0 Å². The number of aryl methyl sites for hydroxylation is 1. The van der Waals surface area contributed by atoms with Crippen molar-refractivity contribution in [2.24, 2.45) is 0 Å². The molecule has 0 fully saturated rings. The average Bonchev–Trinajstić information content (AvgIpc) is 2.46. The van der Waals surface area contributed by atoms with Gasteiger partial charge < -0.3 is 10.1 Å². The van der Waals surface area contributed by atoms with Gasteiger partial charge in [0.2, 0.25) is 0 Å². The highest BCUT2D eigenvalue weighted by molar-refractivity contribution is 5.51. The van der Waals surface area contributed by atoms with Crippen LogP contribution in [0.5, 0.6) is 5.75 Å². The molecule has 1 aromatic rings. The number of benzene rings is 1. The molecule has 1 N–H and O–H groups in total. The maximum absolute atomic E-state index is 11.0. The van der Waals surface area contributed by atoms with Gasteiger partial charge in [-0.2, -0.15) is 5.26 Å². The van der Waals surface area contributed by atoms with Crippen molar-refractivity contribution in [2.45, 2.75) is 38.6 Å². The molecule has 1 atom stereocenters. The van der Waals surface area contributed by atoms with Crippen LogP contribution in [0.1, 0.15) is 31.7 Å². The number of hydrogen-bond acceptors (Lipinski definition) is 5. The summed E-state index contributed by atoms with van der Waals surface area (Å²) >= 11 is 0. The lowest BCUT2D eigenvalue weighted by atomic mass is 9.97. The highest BCUT2D eigenvalue weighted by Crippen LogP contribution is 2.30. The van der Waals surface area contributed by atoms with E-state index in [-0.39, 0.29) is 5.69 Å². The van der Waals surface area contributed by atoms with Crippen LogP contribution < -0.4 is 10.1 Å². The minimum atomic E-state index is -0.532. The summed E-state index contributed by atoms with van der Waals surface area (Å²) in [7, 11) is 1.76. The third-order valence-electron chi connectivity index (χ3n) is 3.51. The summed E-state index contributed by atoms with van der Waals surface area (Å²) in [5.41, 5.74) is 0.0781. The molecule has 6 heteroatoms. The largest absolute Gasteiger partial charge is 0.487 e. The molecule has 0 aliphatic rings. The van der Waals surface area contributed by atoms with Crippen molar-refractivity contribution in [1.82, 2.24) is 5.32 Å². The van der Waals surface area contributed by atoms with Crippen molar-refractivity contribution in [3.63, 3.8) is 0 Å². The second-order valence-electron chi connectivity index (χ2n) is 5.18. The molecule has 0 saturated heterocycles. The van der Waals surface area contributed by atoms with E-state index in [9.17, 15) is 10.1 Å². The first-order valence-electron chi connectivity index (χ1n) is 6.90. The van der Waals surface area contributed by atoms with E-state index in [2.05, 4.69) is 11.4 Å². The topological polar surface area (TPSA) is 88.2 Å². The third-order valence-corrected chi connectivity index (χ3v) is 3.51. The van der Waals surface area contributed by atoms with Gasteiger partial charge in [-0.25, -0.2) is 0 Å². The zero-order valence-corrected chi connectivity index (χ0v) is 12.7. The van der Waals surface area contributed by atoms with E-state index in [0.717, 1.165) is 12.8 Å². The second-order valence-corrected chi connectivity index (χ2v) is 5.18. The van der Waals surface area contributed by atoms with Crippen molar-refractivity contribution in [1.29, 1.82) is 5.26 Å². The number of unbranched alkanes of at least 4 members (excludes halogenated alkanes) is 1. The number of hydrogen-bond donors (Lipinski definition) is 1. The summed E-state index contributed by atoms with van der Waals surface area (Å²) < 4.78 is 5.52. The molecule has 1 rings (SSSR count). The van der Waals surface area contributed by atoms with Gasteiger partial charge in [-0.05, 0) is 46.2 Å². The standard InChI is InChI=1S/C15H21N3O3/c1-12-7-6-8-13(14(12)18(19)20)21-10-5-4-9-15(2,11-16)17-3/h6-8,17H,4-5,9-10H2,1-3H3. The van der Waals surface area contributed by atoms with E-state index in [0.29, 0.717) is 24.3 Å². The number of nitrogens with one attached hydrogen (secondary N) is 1. The molecule has 6 nitrogen and oxygen atoms in total. The first kappa shape index (κ1) is 16.9. The van der Waals surface area contributed by atoms with Gasteiger partial charge in [-0.3, -0.25) is 10.1 Å². The second kappa shape index (κ2) is 7.60. The molecule has 0 bridgehead atoms. The molecule has 0 amide bonds. The van der Waals surface area contributed by atoms with Crippen LogP contribution in [0.4, 0.5) is 5.69 Å². The van der Waals surface area contributed by atoms with Crippen molar-refractivity contribution in [3.8, 4) is 11.8 Å². The smallest absolute Gasteiger partial charge is 0.313 e. The number of para-hydroxylation sites is 1. The Morgan fingerprint density at radius 2 is 2.19 bits per heavy atom. The van der Waals surface area contributed by atoms with E-state index < -0.39 is 10.5 Å². The molecule has 0 saturated carbocycles. The highest BCUT2D eigenvalue weighted by Gasteiger charge is 2.20. The molecular formula is C15H21N3O3. The molecule has 1 aromatic carbocycles. The predicted molar refractivity (Wildman–Crippen MR) is 80.3 cm³/mol. The summed E-state index contributed by atoms with van der Waals surface area (Å²) in [6.45, 7) is 3.94. The maximum Gasteiger partial charge on any atom is 0.313 e. The van der Waals surface area contributed by atoms with Crippen molar-refractivity contribution in [2.75, 3.05) is 13.7 Å². The number of rotatable bonds is 8. The molecule has 0 aliphatic carbocycles. The van der Waals surface area contributed by atoms with Crippen LogP contribution in [0, 0.1) is 28.4 Å². The normalized spacial score (nSPS) is 13.2. The van der Waals surface area contributed by atoms with Crippen molar-refractivity contribution >= 4 is 5.69 Å². The number of ether oxygens (including phenoxy) is 1. The molecule has 0 heterocycles. The molecule has 0 spiro atoms. The van der Waals surface area contributed by atoms with E-state index in [1.165, 1.54) is 0 Å². The highest BCUT2D eigenvalue weighted by atomic mass is 16.6. The Balaban J connectivity index is 2.49. The molecule has 1 unspecified atom stereocenters. The Kier molecular flexibility index (Phi) is 6.12. The Morgan fingerprint density at radius 3 is 2.76 bits per heavy atom. The molecule has 0 radical (unpaired) electrons. The lowest BCUT2D eigenvalue weighted by Crippen LogP contribution is -2.37. The first-order chi connectivity index (χ1) is 9.93. The van der Waals surface area contributed by atoms with Gasteiger partial charge in [0, 0.05) is 5.56 Å². The van der Waals surface area contributed by atoms with Crippen LogP contribution in [-0.4, -0.2) is 24.1 Å². The fraction of sp³-hybridized carbons (Fsp3) is 0.533. The zero-order valence-electron chi connectivity index (χ0n) is 12.7. The lowest BCUT2D eigenvalue weighted by molar-refractivity contribution is -0.386. The van der Waals surface area contributed by atoms with Gasteiger partial charge in [0.15, 0.2) is 5.75 Å². The van der Waals surface area contributed by atoms with Gasteiger partial charge >= 0.3 is 5.69 Å². The summed E-state index contributed by atoms with van der Waals surface area (Å²) in [6.07, 6.45) is 2.26. The minimum absolute atomic E-state index is 0.0228. The average molecular weight is 291 g/mol. The Labute approximate surface area is 124 Å². The summed E-state index contributed by atoms with van der Waals surface area (Å²) in [6, 6.07) is 7.27. The van der Waals surface area contributed by atoms with Crippen molar-refractivity contribution < 1.29 is 9.66 Å². The molecule has 21 heavy (non-hydrogen) atoms. The first-order valence-corrected chi connectivity index (χ1v) is 6.90. The minimum Gasteiger partial charge on any atom is -0.487 e. The van der Waals surface area contributed by atoms with Gasteiger partial charge in [-0.15, -0.1) is 0 Å². The zero-order chi connectivity index (χ0) is 15.9. The Hall–Kier alpha value is -2.13. The third kappa shape index (κ3) is 4.72. The van der Waals surface area contributed by atoms with E-state index in [4.69, 9.17) is 10.00 Å². The Morgan fingerprint density at radius 1 is 1.48 bits per heavy atom. The van der Waals surface area contributed by atoms with Crippen molar-refractivity contribution in [3.05, 3.63) is 33.9 Å². The summed E-state index contributed by atoms with van der Waals surface area (Å²) in [5.74, 6) is 0.302. The summed E-state index contributed by atoms with van der Waals surface area (Å²) in [5, 5.41) is 23.0. The predicted octanol–water partition coefficient (Wildman–Crippen LogP) is 2.95. The SMILES string of the molecule is CNC(C)(C#N)CCCCOc1cccc(C)c1[N+](=O)[O-]. The quantitative estimate of drug-likeness (QED) is 0.452. The van der Waals surface area contributed by atoms with Crippen LogP contribution in [0.15, 0.2) is 18.2 Å². The van der Waals surface area contributed by atoms with Gasteiger partial charge in [0.1, 0.15) is 5.54 Å². The van der Waals surface area contributed by atoms with Crippen LogP contribution in [-0.2, 0) is 0 Å². The van der Waals surface area contributed by atoms with E-state index in [1.807, 2.05) is 6.92 Å². The van der Waals surface area contributed by atoms with Gasteiger partial charge in [-0.1, -0.05) is 12.1 Å². The molecule has 0 aliphatic heterocycles. The van der Waals surface area contributed by atoms with Crippen LogP contribution in [0.2, 0.25) is 0 Å². The van der Waals surface area contributed by atoms with E-state index >= 15 is 0 Å². The fourth-order valence-electron chi connectivity index (χ4n) is 1.98. The fourth-order valence-corrected chi connectivity index (χ4v) is 1.98. The van der Waals surface area contributed by atoms with Crippen LogP contribution >= 0.6 is 0 Å². The number of nitrogens with zero attached hydrogens (tertiary/aromatic N) is 2. The van der Waals surface area contributed by atoms with Gasteiger partial charge in [0.05, 0.1) is 17.6 Å². The number of nitro groups is 1. The van der Waals surface area contributed by atoms with Gasteiger partial charge in [0.25, 0.3) is 0 Å². The van der Waals surface area contributed by atoms with E-state index in [1.54, 1.807) is 32.2 Å². The monoisotopic (exact) mass is 291 g/mol. The molecule has 114 valence electrons. The maximum atomic E-state index is 11.0. The molecular weight excluding hydrogens is 270 g/mol. The summed E-state index contributed by atoms with van der Waals surface area (Å²) in [4.78, 5) is 10.6. The lowest BCUT2D eigenvalue weighted by Gasteiger charge is -2.20. The molecule has 0 aromatic heterocycles. The van der Waals surface area contributed by atoms with Crippen LogP contribution in [0.25, 0.3) is 0 Å².